The summed E-state index contributed by atoms with van der Waals surface area (Å²) in [6.07, 6.45) is 12.1. The molecule has 2 rings (SSSR count). The fourth-order valence-electron chi connectivity index (χ4n) is 3.87. The number of ether oxygens (including phenoxy) is 2. The van der Waals surface area contributed by atoms with Crippen LogP contribution in [0.2, 0.25) is 0 Å². The first-order chi connectivity index (χ1) is 12.9. The minimum atomic E-state index is -3.33. The maximum Gasteiger partial charge on any atom is 0.362 e. The van der Waals surface area contributed by atoms with Crippen LogP contribution in [-0.2, 0) is 9.47 Å². The van der Waals surface area contributed by atoms with E-state index < -0.39 is 8.07 Å². The number of carbonyl (C=O) groups is 2. The number of allylic oxidation sites excluding steroid dienone is 4. The molecule has 5 heteroatoms. The van der Waals surface area contributed by atoms with Gasteiger partial charge < -0.3 is 9.47 Å². The lowest BCUT2D eigenvalue weighted by Gasteiger charge is -2.34. The molecule has 0 bridgehead atoms. The summed E-state index contributed by atoms with van der Waals surface area (Å²) in [7, 11) is -3.33. The SMILES string of the molecule is CC(C)COC(=O)[Si](C(=O)OCC(C)C)(C1=CCCCC1)C1=CCCCC1. The Balaban J connectivity index is 2.49. The number of hydrogen-bond acceptors (Lipinski definition) is 4. The van der Waals surface area contributed by atoms with Gasteiger partial charge in [-0.15, -0.1) is 0 Å². The van der Waals surface area contributed by atoms with Crippen LogP contribution in [0.3, 0.4) is 0 Å². The monoisotopic (exact) mass is 392 g/mol. The molecule has 0 heterocycles. The second-order valence-corrected chi connectivity index (χ2v) is 12.3. The highest BCUT2D eigenvalue weighted by atomic mass is 28.3. The fraction of sp³-hybridized carbons (Fsp3) is 0.727. The van der Waals surface area contributed by atoms with E-state index in [2.05, 4.69) is 12.2 Å². The Morgan fingerprint density at radius 3 is 1.52 bits per heavy atom. The van der Waals surface area contributed by atoms with Crippen LogP contribution >= 0.6 is 0 Å². The van der Waals surface area contributed by atoms with Crippen molar-refractivity contribution in [2.24, 2.45) is 11.8 Å². The molecule has 2 aliphatic rings. The van der Waals surface area contributed by atoms with Crippen LogP contribution in [0.5, 0.6) is 0 Å². The first kappa shape index (κ1) is 21.9. The highest BCUT2D eigenvalue weighted by Gasteiger charge is 2.59. The van der Waals surface area contributed by atoms with E-state index in [4.69, 9.17) is 9.47 Å². The Hall–Kier alpha value is -1.36. The van der Waals surface area contributed by atoms with Gasteiger partial charge in [-0.2, -0.15) is 0 Å². The Bertz CT molecular complexity index is 537. The molecule has 0 fully saturated rings. The van der Waals surface area contributed by atoms with Crippen molar-refractivity contribution >= 4 is 19.3 Å². The van der Waals surface area contributed by atoms with Crippen molar-refractivity contribution in [2.45, 2.75) is 79.1 Å². The third-order valence-corrected chi connectivity index (χ3v) is 9.60. The van der Waals surface area contributed by atoms with Crippen LogP contribution in [0.15, 0.2) is 22.5 Å². The van der Waals surface area contributed by atoms with Crippen LogP contribution in [-0.4, -0.2) is 32.5 Å². The molecule has 4 nitrogen and oxygen atoms in total. The summed E-state index contributed by atoms with van der Waals surface area (Å²) in [6.45, 7) is 8.79. The van der Waals surface area contributed by atoms with Gasteiger partial charge >= 0.3 is 8.07 Å². The molecule has 0 radical (unpaired) electrons. The van der Waals surface area contributed by atoms with Crippen molar-refractivity contribution < 1.29 is 19.1 Å². The summed E-state index contributed by atoms with van der Waals surface area (Å²) in [6, 6.07) is 0. The summed E-state index contributed by atoms with van der Waals surface area (Å²) in [5.74, 6) is 0.487. The van der Waals surface area contributed by atoms with E-state index in [1.54, 1.807) is 0 Å². The van der Waals surface area contributed by atoms with Crippen LogP contribution in [0.4, 0.5) is 9.59 Å². The average Bonchev–Trinajstić information content (AvgIpc) is 2.67. The largest absolute Gasteiger partial charge is 0.469 e. The van der Waals surface area contributed by atoms with Crippen molar-refractivity contribution in [3.8, 4) is 0 Å². The van der Waals surface area contributed by atoms with Crippen LogP contribution in [0, 0.1) is 11.8 Å². The third kappa shape index (κ3) is 5.34. The lowest BCUT2D eigenvalue weighted by Crippen LogP contribution is -2.58. The number of rotatable bonds is 8. The third-order valence-electron chi connectivity index (χ3n) is 5.25. The Kier molecular flexibility index (Phi) is 8.33. The molecule has 0 saturated carbocycles. The number of carbonyl (C=O) groups excluding carboxylic acids is 2. The normalized spacial score (nSPS) is 18.1. The maximum atomic E-state index is 13.5. The second kappa shape index (κ2) is 10.3. The summed E-state index contributed by atoms with van der Waals surface area (Å²) in [5.41, 5.74) is -0.600. The first-order valence-corrected chi connectivity index (χ1v) is 12.6. The minimum Gasteiger partial charge on any atom is -0.469 e. The predicted molar refractivity (Wildman–Crippen MR) is 111 cm³/mol. The smallest absolute Gasteiger partial charge is 0.362 e. The molecule has 0 saturated heterocycles. The van der Waals surface area contributed by atoms with Crippen molar-refractivity contribution in [1.29, 1.82) is 0 Å². The van der Waals surface area contributed by atoms with Gasteiger partial charge in [-0.1, -0.05) is 50.2 Å². The fourth-order valence-corrected chi connectivity index (χ4v) is 8.10. The molecule has 152 valence electrons. The van der Waals surface area contributed by atoms with E-state index in [0.29, 0.717) is 13.2 Å². The molecule has 0 aromatic rings. The molecule has 27 heavy (non-hydrogen) atoms. The highest BCUT2D eigenvalue weighted by molar-refractivity contribution is 7.31. The Labute approximate surface area is 165 Å². The second-order valence-electron chi connectivity index (χ2n) is 8.68. The van der Waals surface area contributed by atoms with Crippen molar-refractivity contribution in [3.05, 3.63) is 22.5 Å². The van der Waals surface area contributed by atoms with Crippen molar-refractivity contribution in [3.63, 3.8) is 0 Å². The standard InChI is InChI=1S/C22H36O4Si/c1-17(2)15-25-21(23)27(19-11-7-5-8-12-19,20-13-9-6-10-14-20)22(24)26-16-18(3)4/h11,13,17-18H,5-10,12,14-16H2,1-4H3. The van der Waals surface area contributed by atoms with Gasteiger partial charge in [-0.05, 0) is 63.2 Å². The summed E-state index contributed by atoms with van der Waals surface area (Å²) in [5, 5.41) is 2.06. The van der Waals surface area contributed by atoms with Crippen LogP contribution in [0.1, 0.15) is 79.1 Å². The molecule has 0 N–H and O–H groups in total. The maximum absolute atomic E-state index is 13.5. The lowest BCUT2D eigenvalue weighted by molar-refractivity contribution is 0.147. The van der Waals surface area contributed by atoms with E-state index in [1.165, 1.54) is 0 Å². The van der Waals surface area contributed by atoms with Crippen LogP contribution in [0.25, 0.3) is 0 Å². The zero-order valence-corrected chi connectivity index (χ0v) is 18.5. The molecular weight excluding hydrogens is 356 g/mol. The summed E-state index contributed by atoms with van der Waals surface area (Å²) < 4.78 is 11.5. The quantitative estimate of drug-likeness (QED) is 0.457. The molecule has 0 atom stereocenters. The summed E-state index contributed by atoms with van der Waals surface area (Å²) in [4.78, 5) is 27.0. The number of hydrogen-bond donors (Lipinski definition) is 0. The van der Waals surface area contributed by atoms with E-state index >= 15 is 0 Å². The van der Waals surface area contributed by atoms with Crippen molar-refractivity contribution in [2.75, 3.05) is 13.2 Å². The lowest BCUT2D eigenvalue weighted by atomic mass is 10.1. The zero-order valence-electron chi connectivity index (χ0n) is 17.5. The van der Waals surface area contributed by atoms with E-state index in [0.717, 1.165) is 61.8 Å². The van der Waals surface area contributed by atoms with Gasteiger partial charge in [0.25, 0.3) is 11.2 Å². The molecule has 0 amide bonds. The molecule has 0 spiro atoms. The van der Waals surface area contributed by atoms with Crippen LogP contribution < -0.4 is 0 Å². The van der Waals surface area contributed by atoms with Gasteiger partial charge in [0, 0.05) is 0 Å². The van der Waals surface area contributed by atoms with E-state index in [9.17, 15) is 9.59 Å². The highest BCUT2D eigenvalue weighted by Crippen LogP contribution is 2.38. The molecule has 0 aliphatic heterocycles. The zero-order chi connectivity index (χ0) is 19.9. The molecular formula is C22H36O4Si. The molecule has 0 unspecified atom stereocenters. The van der Waals surface area contributed by atoms with Gasteiger partial charge in [0.2, 0.25) is 0 Å². The molecule has 2 aliphatic carbocycles. The Morgan fingerprint density at radius 2 is 1.22 bits per heavy atom. The summed E-state index contributed by atoms with van der Waals surface area (Å²) >= 11 is 0. The first-order valence-electron chi connectivity index (χ1n) is 10.6. The van der Waals surface area contributed by atoms with Gasteiger partial charge in [0.1, 0.15) is 0 Å². The van der Waals surface area contributed by atoms with Gasteiger partial charge in [0.05, 0.1) is 13.2 Å². The van der Waals surface area contributed by atoms with Gasteiger partial charge in [-0.3, -0.25) is 9.59 Å². The van der Waals surface area contributed by atoms with Crippen molar-refractivity contribution in [1.82, 2.24) is 0 Å². The average molecular weight is 393 g/mol. The molecule has 0 aromatic carbocycles. The molecule has 0 aromatic heterocycles. The van der Waals surface area contributed by atoms with E-state index in [-0.39, 0.29) is 23.0 Å². The predicted octanol–water partition coefficient (Wildman–Crippen LogP) is 6.26. The van der Waals surface area contributed by atoms with Gasteiger partial charge in [0.15, 0.2) is 0 Å². The Morgan fingerprint density at radius 1 is 0.815 bits per heavy atom. The topological polar surface area (TPSA) is 52.6 Å². The van der Waals surface area contributed by atoms with E-state index in [1.807, 2.05) is 27.7 Å². The van der Waals surface area contributed by atoms with Gasteiger partial charge in [-0.25, -0.2) is 0 Å². The minimum absolute atomic E-state index is 0.244.